The highest BCUT2D eigenvalue weighted by Gasteiger charge is 2.53. The molecule has 2 aliphatic rings. The highest BCUT2D eigenvalue weighted by molar-refractivity contribution is 6.63. The summed E-state index contributed by atoms with van der Waals surface area (Å²) in [5, 5.41) is 9.53. The van der Waals surface area contributed by atoms with Crippen LogP contribution in [0.3, 0.4) is 0 Å². The summed E-state index contributed by atoms with van der Waals surface area (Å²) in [5.74, 6) is -0.392. The summed E-state index contributed by atoms with van der Waals surface area (Å²) >= 11 is 0. The first-order valence-corrected chi connectivity index (χ1v) is 8.28. The summed E-state index contributed by atoms with van der Waals surface area (Å²) in [4.78, 5) is 11.6. The van der Waals surface area contributed by atoms with Gasteiger partial charge in [-0.25, -0.2) is 4.79 Å². The molecule has 1 aliphatic carbocycles. The highest BCUT2D eigenvalue weighted by Crippen LogP contribution is 2.43. The largest absolute Gasteiger partial charge is 0.495 e. The third kappa shape index (κ3) is 2.60. The summed E-state index contributed by atoms with van der Waals surface area (Å²) in [7, 11) is -0.506. The maximum Gasteiger partial charge on any atom is 0.495 e. The van der Waals surface area contributed by atoms with Gasteiger partial charge in [-0.3, -0.25) is 0 Å². The van der Waals surface area contributed by atoms with E-state index >= 15 is 0 Å². The first-order valence-electron chi connectivity index (χ1n) is 8.28. The van der Waals surface area contributed by atoms with Crippen molar-refractivity contribution in [2.24, 2.45) is 0 Å². The van der Waals surface area contributed by atoms with Gasteiger partial charge in [0.05, 0.1) is 16.8 Å². The van der Waals surface area contributed by atoms with Crippen LogP contribution in [0.5, 0.6) is 0 Å². The van der Waals surface area contributed by atoms with E-state index in [0.29, 0.717) is 11.5 Å². The zero-order chi connectivity index (χ0) is 17.2. The molecule has 1 saturated heterocycles. The van der Waals surface area contributed by atoms with Crippen molar-refractivity contribution in [3.05, 3.63) is 28.3 Å². The fourth-order valence-corrected chi connectivity index (χ4v) is 3.26. The minimum Gasteiger partial charge on any atom is -0.478 e. The van der Waals surface area contributed by atoms with Crippen LogP contribution in [-0.2, 0) is 9.31 Å². The molecule has 23 heavy (non-hydrogen) atoms. The Balaban J connectivity index is 2.13. The van der Waals surface area contributed by atoms with E-state index in [9.17, 15) is 9.90 Å². The van der Waals surface area contributed by atoms with E-state index in [4.69, 9.17) is 9.31 Å². The van der Waals surface area contributed by atoms with Crippen molar-refractivity contribution in [1.82, 2.24) is 0 Å². The number of carboxylic acids is 1. The number of hydrogen-bond acceptors (Lipinski definition) is 3. The maximum atomic E-state index is 11.6. The first-order chi connectivity index (χ1) is 10.5. The van der Waals surface area contributed by atoms with Gasteiger partial charge in [0, 0.05) is 0 Å². The number of benzene rings is 1. The van der Waals surface area contributed by atoms with Crippen molar-refractivity contribution >= 4 is 18.6 Å². The van der Waals surface area contributed by atoms with E-state index in [1.165, 1.54) is 5.56 Å². The molecule has 0 aromatic heterocycles. The molecule has 2 fully saturated rings. The van der Waals surface area contributed by atoms with Crippen molar-refractivity contribution in [3.8, 4) is 0 Å². The maximum absolute atomic E-state index is 11.6. The number of carbonyl (C=O) groups is 1. The lowest BCUT2D eigenvalue weighted by molar-refractivity contribution is 0.00578. The number of rotatable bonds is 3. The van der Waals surface area contributed by atoms with Gasteiger partial charge in [0.25, 0.3) is 0 Å². The lowest BCUT2D eigenvalue weighted by Crippen LogP contribution is -2.41. The second-order valence-electron chi connectivity index (χ2n) is 7.84. The molecule has 0 unspecified atom stereocenters. The zero-order valence-corrected chi connectivity index (χ0v) is 14.8. The molecule has 0 amide bonds. The summed E-state index contributed by atoms with van der Waals surface area (Å²) < 4.78 is 12.4. The molecule has 1 aromatic rings. The van der Waals surface area contributed by atoms with E-state index in [1.54, 1.807) is 6.07 Å². The lowest BCUT2D eigenvalue weighted by Gasteiger charge is -2.32. The van der Waals surface area contributed by atoms with Gasteiger partial charge in [0.15, 0.2) is 0 Å². The third-order valence-electron chi connectivity index (χ3n) is 5.70. The zero-order valence-electron chi connectivity index (χ0n) is 14.8. The van der Waals surface area contributed by atoms with E-state index in [0.717, 1.165) is 29.4 Å². The van der Waals surface area contributed by atoms with Crippen LogP contribution in [-0.4, -0.2) is 29.4 Å². The number of hydrogen-bond donors (Lipinski definition) is 1. The van der Waals surface area contributed by atoms with Gasteiger partial charge >= 0.3 is 13.1 Å². The highest BCUT2D eigenvalue weighted by atomic mass is 16.7. The fourth-order valence-electron chi connectivity index (χ4n) is 3.26. The SMILES string of the molecule is Cc1c(C(=O)O)cc(B2OC(C)(C)C(C)(C)O2)c(C2CC2)c1C. The number of carboxylic acid groups (broad SMARTS) is 1. The quantitative estimate of drug-likeness (QED) is 0.870. The molecule has 5 heteroatoms. The van der Waals surface area contributed by atoms with Gasteiger partial charge in [0.2, 0.25) is 0 Å². The van der Waals surface area contributed by atoms with Crippen molar-refractivity contribution in [2.75, 3.05) is 0 Å². The molecule has 4 nitrogen and oxygen atoms in total. The molecule has 1 aliphatic heterocycles. The molecule has 0 radical (unpaired) electrons. The standard InChI is InChI=1S/C18H25BO4/c1-10-11(2)15(12-7-8-12)14(9-13(10)16(20)21)19-22-17(3,4)18(5,6)23-19/h9,12H,7-8H2,1-6H3,(H,20,21). The molecular formula is C18H25BO4. The molecule has 0 atom stereocenters. The smallest absolute Gasteiger partial charge is 0.478 e. The van der Waals surface area contributed by atoms with Crippen LogP contribution >= 0.6 is 0 Å². The summed E-state index contributed by atoms with van der Waals surface area (Å²) in [6.45, 7) is 12.0. The Hall–Kier alpha value is -1.33. The summed E-state index contributed by atoms with van der Waals surface area (Å²) in [6.07, 6.45) is 2.30. The average Bonchev–Trinajstić information content (AvgIpc) is 3.20. The normalized spacial score (nSPS) is 22.4. The Labute approximate surface area is 138 Å². The Morgan fingerprint density at radius 2 is 1.65 bits per heavy atom. The second-order valence-corrected chi connectivity index (χ2v) is 7.84. The molecule has 0 spiro atoms. The van der Waals surface area contributed by atoms with Crippen LogP contribution in [0.4, 0.5) is 0 Å². The van der Waals surface area contributed by atoms with E-state index in [1.807, 2.05) is 41.5 Å². The number of aromatic carboxylic acids is 1. The van der Waals surface area contributed by atoms with Crippen molar-refractivity contribution < 1.29 is 19.2 Å². The topological polar surface area (TPSA) is 55.8 Å². The van der Waals surface area contributed by atoms with E-state index in [2.05, 4.69) is 0 Å². The Kier molecular flexibility index (Phi) is 3.65. The Morgan fingerprint density at radius 3 is 2.09 bits per heavy atom. The van der Waals surface area contributed by atoms with Crippen LogP contribution in [0.25, 0.3) is 0 Å². The Morgan fingerprint density at radius 1 is 1.13 bits per heavy atom. The summed E-state index contributed by atoms with van der Waals surface area (Å²) in [5.41, 5.74) is 3.52. The van der Waals surface area contributed by atoms with Crippen LogP contribution in [0, 0.1) is 13.8 Å². The van der Waals surface area contributed by atoms with Crippen molar-refractivity contribution in [2.45, 2.75) is 71.5 Å². The lowest BCUT2D eigenvalue weighted by atomic mass is 9.71. The first kappa shape index (κ1) is 16.5. The monoisotopic (exact) mass is 316 g/mol. The molecule has 1 saturated carbocycles. The fraction of sp³-hybridized carbons (Fsp3) is 0.611. The molecule has 1 N–H and O–H groups in total. The van der Waals surface area contributed by atoms with Gasteiger partial charge in [-0.1, -0.05) is 0 Å². The molecular weight excluding hydrogens is 291 g/mol. The van der Waals surface area contributed by atoms with Gasteiger partial charge in [-0.2, -0.15) is 0 Å². The van der Waals surface area contributed by atoms with Gasteiger partial charge < -0.3 is 14.4 Å². The van der Waals surface area contributed by atoms with E-state index in [-0.39, 0.29) is 0 Å². The molecule has 3 rings (SSSR count). The molecule has 124 valence electrons. The van der Waals surface area contributed by atoms with Crippen LogP contribution < -0.4 is 5.46 Å². The third-order valence-corrected chi connectivity index (χ3v) is 5.70. The minimum atomic E-state index is -0.897. The average molecular weight is 316 g/mol. The van der Waals surface area contributed by atoms with Crippen LogP contribution in [0.15, 0.2) is 6.07 Å². The second kappa shape index (κ2) is 5.08. The summed E-state index contributed by atoms with van der Waals surface area (Å²) in [6, 6.07) is 1.76. The Bertz CT molecular complexity index is 658. The molecule has 1 aromatic carbocycles. The minimum absolute atomic E-state index is 0.344. The van der Waals surface area contributed by atoms with Crippen molar-refractivity contribution in [1.29, 1.82) is 0 Å². The van der Waals surface area contributed by atoms with Gasteiger partial charge in [-0.15, -0.1) is 0 Å². The van der Waals surface area contributed by atoms with Gasteiger partial charge in [0.1, 0.15) is 0 Å². The van der Waals surface area contributed by atoms with E-state index < -0.39 is 24.3 Å². The molecule has 0 bridgehead atoms. The molecule has 1 heterocycles. The van der Waals surface area contributed by atoms with Gasteiger partial charge in [-0.05, 0) is 88.5 Å². The van der Waals surface area contributed by atoms with Crippen molar-refractivity contribution in [3.63, 3.8) is 0 Å². The predicted octanol–water partition coefficient (Wildman–Crippen LogP) is 3.18. The van der Waals surface area contributed by atoms with Crippen LogP contribution in [0.2, 0.25) is 0 Å². The van der Waals surface area contributed by atoms with Crippen LogP contribution in [0.1, 0.15) is 73.5 Å². The predicted molar refractivity (Wildman–Crippen MR) is 90.6 cm³/mol.